The molecule has 1 aromatic rings. The maximum Gasteiger partial charge on any atom is 0.162 e. The fourth-order valence-electron chi connectivity index (χ4n) is 1.46. The predicted molar refractivity (Wildman–Crippen MR) is 64.2 cm³/mol. The van der Waals surface area contributed by atoms with E-state index >= 15 is 0 Å². The van der Waals surface area contributed by atoms with Gasteiger partial charge in [0.15, 0.2) is 11.6 Å². The Bertz CT molecular complexity index is 366. The van der Waals surface area contributed by atoms with Gasteiger partial charge in [-0.1, -0.05) is 6.92 Å². The molecule has 0 aliphatic heterocycles. The van der Waals surface area contributed by atoms with Gasteiger partial charge < -0.3 is 10.1 Å². The van der Waals surface area contributed by atoms with E-state index in [9.17, 15) is 8.78 Å². The second-order valence-electron chi connectivity index (χ2n) is 4.61. The van der Waals surface area contributed by atoms with Crippen molar-refractivity contribution in [2.75, 3.05) is 13.1 Å². The summed E-state index contributed by atoms with van der Waals surface area (Å²) in [6.07, 6.45) is 1.04. The molecule has 0 heterocycles. The molecule has 0 radical (unpaired) electrons. The molecule has 0 unspecified atom stereocenters. The fraction of sp³-hybridized carbons (Fsp3) is 0.538. The highest BCUT2D eigenvalue weighted by atomic mass is 19.2. The number of rotatable bonds is 6. The van der Waals surface area contributed by atoms with E-state index in [1.165, 1.54) is 6.07 Å². The average molecular weight is 243 g/mol. The van der Waals surface area contributed by atoms with Gasteiger partial charge in [-0.3, -0.25) is 0 Å². The molecule has 2 nitrogen and oxygen atoms in total. The van der Waals surface area contributed by atoms with Gasteiger partial charge in [0.05, 0.1) is 0 Å². The van der Waals surface area contributed by atoms with Crippen LogP contribution in [0.3, 0.4) is 0 Å². The van der Waals surface area contributed by atoms with Gasteiger partial charge in [0.1, 0.15) is 11.4 Å². The van der Waals surface area contributed by atoms with Crippen molar-refractivity contribution in [2.45, 2.75) is 32.8 Å². The Morgan fingerprint density at radius 2 is 1.94 bits per heavy atom. The van der Waals surface area contributed by atoms with E-state index < -0.39 is 17.2 Å². The zero-order chi connectivity index (χ0) is 12.9. The highest BCUT2D eigenvalue weighted by Gasteiger charge is 2.19. The van der Waals surface area contributed by atoms with E-state index in [2.05, 4.69) is 12.2 Å². The standard InChI is InChI=1S/C13H19F2NO/c1-4-7-16-9-13(2,3)17-10-5-6-11(14)12(15)8-10/h5-6,8,16H,4,7,9H2,1-3H3. The lowest BCUT2D eigenvalue weighted by Gasteiger charge is -2.27. The molecule has 1 aromatic carbocycles. The van der Waals surface area contributed by atoms with E-state index in [0.29, 0.717) is 12.3 Å². The number of nitrogens with one attached hydrogen (secondary N) is 1. The second kappa shape index (κ2) is 5.96. The zero-order valence-corrected chi connectivity index (χ0v) is 10.5. The van der Waals surface area contributed by atoms with Crippen molar-refractivity contribution in [2.24, 2.45) is 0 Å². The summed E-state index contributed by atoms with van der Waals surface area (Å²) < 4.78 is 31.3. The van der Waals surface area contributed by atoms with Crippen LogP contribution in [-0.4, -0.2) is 18.7 Å². The van der Waals surface area contributed by atoms with Crippen molar-refractivity contribution in [3.8, 4) is 5.75 Å². The van der Waals surface area contributed by atoms with Crippen LogP contribution in [0.2, 0.25) is 0 Å². The first-order valence-corrected chi connectivity index (χ1v) is 5.79. The SMILES string of the molecule is CCCNCC(C)(C)Oc1ccc(F)c(F)c1. The van der Waals surface area contributed by atoms with Crippen LogP contribution < -0.4 is 10.1 Å². The molecule has 0 atom stereocenters. The normalized spacial score (nSPS) is 11.6. The second-order valence-corrected chi connectivity index (χ2v) is 4.61. The van der Waals surface area contributed by atoms with Gasteiger partial charge in [-0.25, -0.2) is 8.78 Å². The molecule has 0 aliphatic rings. The summed E-state index contributed by atoms with van der Waals surface area (Å²) in [5, 5.41) is 3.23. The number of halogens is 2. The lowest BCUT2D eigenvalue weighted by Crippen LogP contribution is -2.40. The summed E-state index contributed by atoms with van der Waals surface area (Å²) in [5.41, 5.74) is -0.459. The summed E-state index contributed by atoms with van der Waals surface area (Å²) >= 11 is 0. The van der Waals surface area contributed by atoms with Crippen LogP contribution >= 0.6 is 0 Å². The van der Waals surface area contributed by atoms with Crippen LogP contribution in [0.25, 0.3) is 0 Å². The molecule has 0 aromatic heterocycles. The van der Waals surface area contributed by atoms with E-state index in [1.54, 1.807) is 0 Å². The maximum absolute atomic E-state index is 13.0. The first-order valence-electron chi connectivity index (χ1n) is 5.79. The highest BCUT2D eigenvalue weighted by Crippen LogP contribution is 2.20. The van der Waals surface area contributed by atoms with Gasteiger partial charge in [-0.2, -0.15) is 0 Å². The molecule has 1 N–H and O–H groups in total. The highest BCUT2D eigenvalue weighted by molar-refractivity contribution is 5.24. The van der Waals surface area contributed by atoms with Crippen LogP contribution in [0.1, 0.15) is 27.2 Å². The van der Waals surface area contributed by atoms with Crippen molar-refractivity contribution in [1.29, 1.82) is 0 Å². The Labute approximate surface area is 101 Å². The minimum absolute atomic E-state index is 0.340. The molecular formula is C13H19F2NO. The largest absolute Gasteiger partial charge is 0.486 e. The Kier molecular flexibility index (Phi) is 4.87. The van der Waals surface area contributed by atoms with Crippen LogP contribution in [0.4, 0.5) is 8.78 Å². The summed E-state index contributed by atoms with van der Waals surface area (Å²) in [7, 11) is 0. The van der Waals surface area contributed by atoms with E-state index in [1.807, 2.05) is 13.8 Å². The molecule has 4 heteroatoms. The molecular weight excluding hydrogens is 224 g/mol. The smallest absolute Gasteiger partial charge is 0.162 e. The van der Waals surface area contributed by atoms with E-state index in [4.69, 9.17) is 4.74 Å². The van der Waals surface area contributed by atoms with Gasteiger partial charge in [-0.15, -0.1) is 0 Å². The van der Waals surface area contributed by atoms with E-state index in [-0.39, 0.29) is 0 Å². The van der Waals surface area contributed by atoms with Crippen LogP contribution in [0.5, 0.6) is 5.75 Å². The molecule has 0 amide bonds. The first kappa shape index (κ1) is 13.9. The van der Waals surface area contributed by atoms with Gasteiger partial charge in [-0.05, 0) is 38.9 Å². The summed E-state index contributed by atoms with van der Waals surface area (Å²) in [6.45, 7) is 7.44. The molecule has 96 valence electrons. The third kappa shape index (κ3) is 4.69. The summed E-state index contributed by atoms with van der Waals surface area (Å²) in [4.78, 5) is 0. The first-order chi connectivity index (χ1) is 7.94. The van der Waals surface area contributed by atoms with Crippen molar-refractivity contribution in [3.63, 3.8) is 0 Å². The molecule has 0 spiro atoms. The fourth-order valence-corrected chi connectivity index (χ4v) is 1.46. The molecule has 0 saturated carbocycles. The van der Waals surface area contributed by atoms with Crippen molar-refractivity contribution < 1.29 is 13.5 Å². The van der Waals surface area contributed by atoms with Gasteiger partial charge in [0.25, 0.3) is 0 Å². The zero-order valence-electron chi connectivity index (χ0n) is 10.5. The number of hydrogen-bond donors (Lipinski definition) is 1. The summed E-state index contributed by atoms with van der Waals surface area (Å²) in [6, 6.07) is 3.57. The molecule has 17 heavy (non-hydrogen) atoms. The lowest BCUT2D eigenvalue weighted by molar-refractivity contribution is 0.107. The Morgan fingerprint density at radius 3 is 2.53 bits per heavy atom. The Morgan fingerprint density at radius 1 is 1.24 bits per heavy atom. The molecule has 0 bridgehead atoms. The number of benzene rings is 1. The molecule has 0 saturated heterocycles. The third-order valence-electron chi connectivity index (χ3n) is 2.26. The topological polar surface area (TPSA) is 21.3 Å². The predicted octanol–water partition coefficient (Wildman–Crippen LogP) is 3.12. The molecule has 0 fully saturated rings. The average Bonchev–Trinajstić information content (AvgIpc) is 2.23. The van der Waals surface area contributed by atoms with E-state index in [0.717, 1.165) is 25.1 Å². The monoisotopic (exact) mass is 243 g/mol. The van der Waals surface area contributed by atoms with Gasteiger partial charge in [0, 0.05) is 12.6 Å². The van der Waals surface area contributed by atoms with Crippen LogP contribution in [0.15, 0.2) is 18.2 Å². The molecule has 1 rings (SSSR count). The minimum atomic E-state index is -0.889. The Hall–Kier alpha value is -1.16. The summed E-state index contributed by atoms with van der Waals surface area (Å²) in [5.74, 6) is -1.41. The van der Waals surface area contributed by atoms with Crippen LogP contribution in [0, 0.1) is 11.6 Å². The minimum Gasteiger partial charge on any atom is -0.486 e. The quantitative estimate of drug-likeness (QED) is 0.775. The number of ether oxygens (including phenoxy) is 1. The number of hydrogen-bond acceptors (Lipinski definition) is 2. The van der Waals surface area contributed by atoms with Gasteiger partial charge in [0.2, 0.25) is 0 Å². The van der Waals surface area contributed by atoms with Crippen molar-refractivity contribution in [1.82, 2.24) is 5.32 Å². The van der Waals surface area contributed by atoms with Crippen molar-refractivity contribution in [3.05, 3.63) is 29.8 Å². The lowest BCUT2D eigenvalue weighted by atomic mass is 10.1. The molecule has 0 aliphatic carbocycles. The maximum atomic E-state index is 13.0. The van der Waals surface area contributed by atoms with Gasteiger partial charge >= 0.3 is 0 Å². The van der Waals surface area contributed by atoms with Crippen LogP contribution in [-0.2, 0) is 0 Å². The Balaban J connectivity index is 2.59. The van der Waals surface area contributed by atoms with Crippen molar-refractivity contribution >= 4 is 0 Å². The third-order valence-corrected chi connectivity index (χ3v) is 2.26.